The topological polar surface area (TPSA) is 63.2 Å². The Morgan fingerprint density at radius 2 is 1.20 bits per heavy atom. The number of imide groups is 1. The SMILES string of the molecule is O=C1[C@H]2Cc3nc4ccccc4nc3C[C@H]2C(=O)N1c1ccccc1. The zero-order valence-electron chi connectivity index (χ0n) is 13.4. The molecular formula is C20H15N3O2. The highest BCUT2D eigenvalue weighted by Crippen LogP contribution is 2.38. The lowest BCUT2D eigenvalue weighted by molar-refractivity contribution is -0.122. The minimum Gasteiger partial charge on any atom is -0.274 e. The number of carbonyl (C=O) groups is 2. The molecule has 0 N–H and O–H groups in total. The molecule has 0 bridgehead atoms. The molecule has 5 rings (SSSR count). The standard InChI is InChI=1S/C20H15N3O2/c24-19-13-10-17-18(22-16-9-5-4-8-15(16)21-17)11-14(13)20(25)23(19)12-6-2-1-3-7-12/h1-9,13-14H,10-11H2/t13-,14+. The zero-order valence-corrected chi connectivity index (χ0v) is 13.4. The number of nitrogens with zero attached hydrogens (tertiary/aromatic N) is 3. The van der Waals surface area contributed by atoms with Crippen molar-refractivity contribution < 1.29 is 9.59 Å². The Bertz CT molecular complexity index is 953. The Morgan fingerprint density at radius 3 is 1.72 bits per heavy atom. The van der Waals surface area contributed by atoms with Crippen molar-refractivity contribution in [3.63, 3.8) is 0 Å². The van der Waals surface area contributed by atoms with Crippen molar-refractivity contribution in [1.29, 1.82) is 0 Å². The summed E-state index contributed by atoms with van der Waals surface area (Å²) in [6, 6.07) is 16.8. The molecule has 25 heavy (non-hydrogen) atoms. The number of anilines is 1. The number of hydrogen-bond acceptors (Lipinski definition) is 4. The smallest absolute Gasteiger partial charge is 0.238 e. The van der Waals surface area contributed by atoms with Gasteiger partial charge in [-0.15, -0.1) is 0 Å². The predicted octanol–water partition coefficient (Wildman–Crippen LogP) is 2.53. The van der Waals surface area contributed by atoms with Crippen molar-refractivity contribution >= 4 is 28.5 Å². The number of rotatable bonds is 1. The fourth-order valence-corrected chi connectivity index (χ4v) is 3.89. The van der Waals surface area contributed by atoms with E-state index < -0.39 is 0 Å². The van der Waals surface area contributed by atoms with Crippen LogP contribution >= 0.6 is 0 Å². The fourth-order valence-electron chi connectivity index (χ4n) is 3.89. The van der Waals surface area contributed by atoms with Gasteiger partial charge < -0.3 is 0 Å². The lowest BCUT2D eigenvalue weighted by atomic mass is 9.81. The number of carbonyl (C=O) groups excluding carboxylic acids is 2. The van der Waals surface area contributed by atoms with Crippen molar-refractivity contribution in [2.45, 2.75) is 12.8 Å². The molecule has 0 saturated carbocycles. The molecule has 0 radical (unpaired) electrons. The van der Waals surface area contributed by atoms with E-state index in [0.29, 0.717) is 18.5 Å². The summed E-state index contributed by atoms with van der Waals surface area (Å²) in [5, 5.41) is 0. The third kappa shape index (κ3) is 2.09. The number of para-hydroxylation sites is 3. The summed E-state index contributed by atoms with van der Waals surface area (Å²) in [4.78, 5) is 36.5. The molecule has 2 aliphatic rings. The lowest BCUT2D eigenvalue weighted by Gasteiger charge is -2.22. The summed E-state index contributed by atoms with van der Waals surface area (Å²) in [6.07, 6.45) is 0.956. The van der Waals surface area contributed by atoms with Gasteiger partial charge in [0.05, 0.1) is 39.9 Å². The highest BCUT2D eigenvalue weighted by molar-refractivity contribution is 6.22. The van der Waals surface area contributed by atoms with E-state index in [2.05, 4.69) is 9.97 Å². The van der Waals surface area contributed by atoms with E-state index in [4.69, 9.17) is 0 Å². The molecule has 2 amide bonds. The highest BCUT2D eigenvalue weighted by Gasteiger charge is 2.50. The first-order valence-electron chi connectivity index (χ1n) is 8.40. The Hall–Kier alpha value is -3.08. The van der Waals surface area contributed by atoms with Gasteiger partial charge in [-0.1, -0.05) is 30.3 Å². The van der Waals surface area contributed by atoms with E-state index in [1.165, 1.54) is 4.90 Å². The fraction of sp³-hybridized carbons (Fsp3) is 0.200. The van der Waals surface area contributed by atoms with Gasteiger partial charge >= 0.3 is 0 Å². The molecule has 2 atom stereocenters. The minimum atomic E-state index is -0.337. The van der Waals surface area contributed by atoms with Gasteiger partial charge in [-0.05, 0) is 24.3 Å². The van der Waals surface area contributed by atoms with Crippen molar-refractivity contribution in [2.75, 3.05) is 4.90 Å². The second kappa shape index (κ2) is 5.21. The van der Waals surface area contributed by atoms with Gasteiger partial charge in [0, 0.05) is 12.8 Å². The van der Waals surface area contributed by atoms with E-state index >= 15 is 0 Å². The second-order valence-corrected chi connectivity index (χ2v) is 6.57. The van der Waals surface area contributed by atoms with Crippen LogP contribution in [-0.4, -0.2) is 21.8 Å². The summed E-state index contributed by atoms with van der Waals surface area (Å²) in [5.74, 6) is -0.921. The Kier molecular flexibility index (Phi) is 2.98. The van der Waals surface area contributed by atoms with Crippen LogP contribution in [0.5, 0.6) is 0 Å². The van der Waals surface area contributed by atoms with Crippen LogP contribution < -0.4 is 4.90 Å². The quantitative estimate of drug-likeness (QED) is 0.644. The van der Waals surface area contributed by atoms with Crippen LogP contribution in [0.2, 0.25) is 0 Å². The first-order valence-corrected chi connectivity index (χ1v) is 8.40. The van der Waals surface area contributed by atoms with Gasteiger partial charge in [0.2, 0.25) is 11.8 Å². The van der Waals surface area contributed by atoms with Gasteiger partial charge in [-0.2, -0.15) is 0 Å². The molecular weight excluding hydrogens is 314 g/mol. The van der Waals surface area contributed by atoms with Gasteiger partial charge in [-0.3, -0.25) is 14.5 Å². The lowest BCUT2D eigenvalue weighted by Crippen LogP contribution is -2.30. The van der Waals surface area contributed by atoms with Gasteiger partial charge in [0.15, 0.2) is 0 Å². The molecule has 2 heterocycles. The Balaban J connectivity index is 1.56. The van der Waals surface area contributed by atoms with Crippen LogP contribution in [0.4, 0.5) is 5.69 Å². The molecule has 0 spiro atoms. The van der Waals surface area contributed by atoms with Crippen molar-refractivity contribution in [3.05, 3.63) is 66.0 Å². The van der Waals surface area contributed by atoms with E-state index in [9.17, 15) is 9.59 Å². The first-order chi connectivity index (χ1) is 12.2. The third-order valence-electron chi connectivity index (χ3n) is 5.13. The van der Waals surface area contributed by atoms with Crippen LogP contribution in [0.1, 0.15) is 11.4 Å². The van der Waals surface area contributed by atoms with Crippen molar-refractivity contribution in [2.24, 2.45) is 11.8 Å². The van der Waals surface area contributed by atoms with Crippen LogP contribution in [0.3, 0.4) is 0 Å². The average Bonchev–Trinajstić information content (AvgIpc) is 2.89. The number of aromatic nitrogens is 2. The van der Waals surface area contributed by atoms with Gasteiger partial charge in [0.1, 0.15) is 0 Å². The van der Waals surface area contributed by atoms with Gasteiger partial charge in [-0.25, -0.2) is 9.97 Å². The first kappa shape index (κ1) is 14.3. The molecule has 1 aromatic heterocycles. The van der Waals surface area contributed by atoms with E-state index in [1.807, 2.05) is 42.5 Å². The summed E-state index contributed by atoms with van der Waals surface area (Å²) in [5.41, 5.74) is 3.99. The molecule has 2 aromatic carbocycles. The molecule has 5 heteroatoms. The van der Waals surface area contributed by atoms with Crippen LogP contribution in [0.25, 0.3) is 11.0 Å². The number of amides is 2. The Labute approximate surface area is 144 Å². The number of benzene rings is 2. The normalized spacial score (nSPS) is 22.2. The summed E-state index contributed by atoms with van der Waals surface area (Å²) in [6.45, 7) is 0. The number of hydrogen-bond donors (Lipinski definition) is 0. The molecule has 1 fully saturated rings. The average molecular weight is 329 g/mol. The molecule has 1 aliphatic carbocycles. The van der Waals surface area contributed by atoms with Crippen LogP contribution in [0, 0.1) is 11.8 Å². The monoisotopic (exact) mass is 329 g/mol. The molecule has 3 aromatic rings. The maximum absolute atomic E-state index is 12.9. The summed E-state index contributed by atoms with van der Waals surface area (Å²) in [7, 11) is 0. The zero-order chi connectivity index (χ0) is 17.0. The van der Waals surface area contributed by atoms with Gasteiger partial charge in [0.25, 0.3) is 0 Å². The van der Waals surface area contributed by atoms with Crippen molar-refractivity contribution in [1.82, 2.24) is 9.97 Å². The molecule has 1 saturated heterocycles. The number of fused-ring (bicyclic) bond motifs is 3. The summed E-state index contributed by atoms with van der Waals surface area (Å²) >= 11 is 0. The third-order valence-corrected chi connectivity index (χ3v) is 5.13. The Morgan fingerprint density at radius 1 is 0.720 bits per heavy atom. The maximum Gasteiger partial charge on any atom is 0.238 e. The highest BCUT2D eigenvalue weighted by atomic mass is 16.2. The maximum atomic E-state index is 12.9. The van der Waals surface area contributed by atoms with E-state index in [0.717, 1.165) is 22.4 Å². The van der Waals surface area contributed by atoms with Crippen LogP contribution in [-0.2, 0) is 22.4 Å². The largest absolute Gasteiger partial charge is 0.274 e. The second-order valence-electron chi connectivity index (χ2n) is 6.57. The minimum absolute atomic E-state index is 0.123. The summed E-state index contributed by atoms with van der Waals surface area (Å²) < 4.78 is 0. The molecule has 1 aliphatic heterocycles. The molecule has 122 valence electrons. The van der Waals surface area contributed by atoms with E-state index in [1.54, 1.807) is 12.1 Å². The molecule has 0 unspecified atom stereocenters. The van der Waals surface area contributed by atoms with E-state index in [-0.39, 0.29) is 23.7 Å². The van der Waals surface area contributed by atoms with Crippen molar-refractivity contribution in [3.8, 4) is 0 Å². The predicted molar refractivity (Wildman–Crippen MR) is 92.9 cm³/mol. The molecule has 5 nitrogen and oxygen atoms in total. The van der Waals surface area contributed by atoms with Crippen LogP contribution in [0.15, 0.2) is 54.6 Å².